The van der Waals surface area contributed by atoms with Gasteiger partial charge >= 0.3 is 53.7 Å². The third-order valence-electron chi connectivity index (χ3n) is 15.7. The van der Waals surface area contributed by atoms with E-state index in [4.69, 9.17) is 52.7 Å². The number of hydrogen-bond acceptors (Lipinski definition) is 22. The van der Waals surface area contributed by atoms with E-state index in [9.17, 15) is 43.2 Å². The predicted molar refractivity (Wildman–Crippen MR) is 311 cm³/mol. The van der Waals surface area contributed by atoms with Crippen LogP contribution < -0.4 is 14.5 Å². The first-order valence-electron chi connectivity index (χ1n) is 29.6. The first-order chi connectivity index (χ1) is 41.2. The predicted octanol–water partition coefficient (Wildman–Crippen LogP) is 9.60. The Kier molecular flexibility index (Phi) is 25.7. The molecule has 0 atom stereocenters. The molecule has 4 aliphatic rings. The van der Waals surface area contributed by atoms with Crippen molar-refractivity contribution in [3.05, 3.63) is 86.0 Å². The number of carbonyl (C=O) groups excluding carboxylic acids is 9. The van der Waals surface area contributed by atoms with E-state index in [-0.39, 0.29) is 111 Å². The molecule has 0 N–H and O–H groups in total. The van der Waals surface area contributed by atoms with Crippen LogP contribution in [-0.4, -0.2) is 117 Å². The van der Waals surface area contributed by atoms with Crippen molar-refractivity contribution in [2.75, 3.05) is 44.6 Å². The number of aromatic nitrogens is 1. The standard InChI is InChI=1S/C63H77N3O18S/c1-4-54(67)76-34-9-11-36-79-57(70)41-15-19-43(20-16-41)59(72)81-48-27-23-45(24-28-48)61(74)83-50-31-32-52(47(39-50)40-64-66(33-38-78-56(69)6-3)63-65-51-13-7-8-14-53(51)85-63)84-62(75)46-25-29-49(30-26-46)82-60(73)44-21-17-42(18-22-44)58(71)80-37-12-10-35-77-55(68)5-2/h4-8,13-14,31-32,39-46,48-49H,1-3,9-12,15-30,33-38H2/b64-40+. The number of nitrogens with zero attached hydrogens (tertiary/aromatic N) is 3. The van der Waals surface area contributed by atoms with Crippen molar-refractivity contribution in [2.24, 2.45) is 40.6 Å². The summed E-state index contributed by atoms with van der Waals surface area (Å²) in [5, 5.41) is 6.79. The van der Waals surface area contributed by atoms with E-state index in [1.807, 2.05) is 24.3 Å². The summed E-state index contributed by atoms with van der Waals surface area (Å²) in [4.78, 5) is 119. The average molecular weight is 1200 g/mol. The van der Waals surface area contributed by atoms with Crippen LogP contribution in [-0.2, 0) is 76.3 Å². The second kappa shape index (κ2) is 33.7. The number of carbonyl (C=O) groups is 9. The van der Waals surface area contributed by atoms with Gasteiger partial charge in [0, 0.05) is 23.8 Å². The Morgan fingerprint density at radius 3 is 1.38 bits per heavy atom. The molecular formula is C63H77N3O18S. The lowest BCUT2D eigenvalue weighted by Crippen LogP contribution is -2.33. The van der Waals surface area contributed by atoms with Crippen molar-refractivity contribution in [1.29, 1.82) is 0 Å². The highest BCUT2D eigenvalue weighted by Gasteiger charge is 2.37. The molecule has 0 spiro atoms. The fourth-order valence-corrected chi connectivity index (χ4v) is 11.7. The highest BCUT2D eigenvalue weighted by Crippen LogP contribution is 2.37. The Morgan fingerprint density at radius 1 is 0.494 bits per heavy atom. The number of esters is 9. The summed E-state index contributed by atoms with van der Waals surface area (Å²) in [6.07, 6.45) is 13.7. The lowest BCUT2D eigenvalue weighted by atomic mass is 9.82. The number of anilines is 1. The van der Waals surface area contributed by atoms with Crippen molar-refractivity contribution in [2.45, 2.75) is 141 Å². The van der Waals surface area contributed by atoms with Gasteiger partial charge in [-0.1, -0.05) is 43.2 Å². The molecule has 4 aliphatic carbocycles. The van der Waals surface area contributed by atoms with E-state index in [0.29, 0.717) is 139 Å². The number of unbranched alkanes of at least 4 members (excludes halogenated alkanes) is 2. The third-order valence-corrected chi connectivity index (χ3v) is 16.8. The zero-order chi connectivity index (χ0) is 60.5. The molecule has 3 aromatic rings. The number of ether oxygens (including phenoxy) is 9. The van der Waals surface area contributed by atoms with Gasteiger partial charge in [0.15, 0.2) is 0 Å². The van der Waals surface area contributed by atoms with Crippen LogP contribution in [0.25, 0.3) is 10.2 Å². The second-order valence-corrected chi connectivity index (χ2v) is 22.7. The minimum absolute atomic E-state index is 0.0585. The first-order valence-corrected chi connectivity index (χ1v) is 30.4. The Bertz CT molecular complexity index is 2820. The van der Waals surface area contributed by atoms with Crippen molar-refractivity contribution in [3.8, 4) is 11.5 Å². The highest BCUT2D eigenvalue weighted by molar-refractivity contribution is 7.22. The molecule has 4 fully saturated rings. The summed E-state index contributed by atoms with van der Waals surface area (Å²) in [6.45, 7) is 11.1. The molecule has 458 valence electrons. The monoisotopic (exact) mass is 1200 g/mol. The molecule has 22 heteroatoms. The minimum Gasteiger partial charge on any atom is -0.465 e. The Balaban J connectivity index is 0.908. The smallest absolute Gasteiger partial charge is 0.330 e. The molecule has 1 heterocycles. The SMILES string of the molecule is C=CC(=O)OCCCCOC(=O)C1CCC(C(=O)OC2CCC(C(=O)Oc3ccc(OC(=O)C4CCC(OC(=O)C5CCC(C(=O)OCCCCOC(=O)C=C)CC5)CC4)c(/C=N/N(CCOC(=O)C=C)c4nc5ccccc5s4)c3)CC2)CC1. The Labute approximate surface area is 498 Å². The van der Waals surface area contributed by atoms with Crippen LogP contribution in [0.3, 0.4) is 0 Å². The zero-order valence-electron chi connectivity index (χ0n) is 48.1. The van der Waals surface area contributed by atoms with Gasteiger partial charge in [-0.25, -0.2) is 24.4 Å². The van der Waals surface area contributed by atoms with Crippen LogP contribution in [0.1, 0.15) is 134 Å². The van der Waals surface area contributed by atoms with Crippen molar-refractivity contribution in [3.63, 3.8) is 0 Å². The fraction of sp³-hybridized carbons (Fsp3) is 0.540. The van der Waals surface area contributed by atoms with E-state index in [1.54, 1.807) is 11.1 Å². The topological polar surface area (TPSA) is 265 Å². The summed E-state index contributed by atoms with van der Waals surface area (Å²) in [6, 6.07) is 12.2. The van der Waals surface area contributed by atoms with Crippen LogP contribution in [0.4, 0.5) is 5.13 Å². The molecule has 0 saturated heterocycles. The maximum absolute atomic E-state index is 13.9. The number of benzene rings is 2. The molecule has 0 bridgehead atoms. The average Bonchev–Trinajstić information content (AvgIpc) is 4.21. The molecule has 2 aromatic carbocycles. The van der Waals surface area contributed by atoms with Gasteiger partial charge in [0.1, 0.15) is 30.3 Å². The lowest BCUT2D eigenvalue weighted by molar-refractivity contribution is -0.161. The van der Waals surface area contributed by atoms with Gasteiger partial charge in [-0.3, -0.25) is 28.8 Å². The zero-order valence-corrected chi connectivity index (χ0v) is 48.9. The molecule has 0 unspecified atom stereocenters. The molecule has 0 amide bonds. The lowest BCUT2D eigenvalue weighted by Gasteiger charge is -2.30. The van der Waals surface area contributed by atoms with Gasteiger partial charge in [0.05, 0.1) is 84.9 Å². The number of thiazole rings is 1. The van der Waals surface area contributed by atoms with E-state index in [0.717, 1.165) is 28.4 Å². The minimum atomic E-state index is -0.610. The van der Waals surface area contributed by atoms with Crippen LogP contribution >= 0.6 is 11.3 Å². The van der Waals surface area contributed by atoms with Crippen LogP contribution in [0, 0.1) is 35.5 Å². The van der Waals surface area contributed by atoms with Crippen LogP contribution in [0.5, 0.6) is 11.5 Å². The molecular weight excluding hydrogens is 1120 g/mol. The molecule has 7 rings (SSSR count). The summed E-state index contributed by atoms with van der Waals surface area (Å²) in [5.41, 5.74) is 1.03. The fourth-order valence-electron chi connectivity index (χ4n) is 10.7. The number of hydrazone groups is 1. The van der Waals surface area contributed by atoms with E-state index < -0.39 is 41.7 Å². The summed E-state index contributed by atoms with van der Waals surface area (Å²) in [7, 11) is 0. The van der Waals surface area contributed by atoms with Gasteiger partial charge in [-0.05, 0) is 159 Å². The molecule has 0 aliphatic heterocycles. The summed E-state index contributed by atoms with van der Waals surface area (Å²) in [5.74, 6) is -5.73. The van der Waals surface area contributed by atoms with E-state index >= 15 is 0 Å². The number of hydrogen-bond donors (Lipinski definition) is 0. The van der Waals surface area contributed by atoms with Crippen LogP contribution in [0.15, 0.2) is 85.5 Å². The number of fused-ring (bicyclic) bond motifs is 1. The van der Waals surface area contributed by atoms with Gasteiger partial charge in [0.2, 0.25) is 5.13 Å². The summed E-state index contributed by atoms with van der Waals surface area (Å²) >= 11 is 1.37. The van der Waals surface area contributed by atoms with Crippen LogP contribution in [0.2, 0.25) is 0 Å². The van der Waals surface area contributed by atoms with Gasteiger partial charge in [-0.2, -0.15) is 5.10 Å². The van der Waals surface area contributed by atoms with Gasteiger partial charge < -0.3 is 42.6 Å². The van der Waals surface area contributed by atoms with Gasteiger partial charge in [0.25, 0.3) is 0 Å². The number of para-hydroxylation sites is 1. The van der Waals surface area contributed by atoms with Crippen molar-refractivity contribution < 1.29 is 85.8 Å². The Hall–Kier alpha value is -7.75. The van der Waals surface area contributed by atoms with E-state index in [1.165, 1.54) is 29.7 Å². The second-order valence-electron chi connectivity index (χ2n) is 21.7. The molecule has 0 radical (unpaired) electrons. The largest absolute Gasteiger partial charge is 0.465 e. The van der Waals surface area contributed by atoms with Crippen molar-refractivity contribution >= 4 is 86.6 Å². The maximum Gasteiger partial charge on any atom is 0.330 e. The van der Waals surface area contributed by atoms with E-state index in [2.05, 4.69) is 19.7 Å². The third kappa shape index (κ3) is 20.5. The first kappa shape index (κ1) is 64.8. The molecule has 1 aromatic heterocycles. The number of rotatable bonds is 29. The molecule has 4 saturated carbocycles. The van der Waals surface area contributed by atoms with Crippen molar-refractivity contribution in [1.82, 2.24) is 4.98 Å². The molecule has 85 heavy (non-hydrogen) atoms. The normalized spacial score (nSPS) is 22.1. The maximum atomic E-state index is 13.9. The van der Waals surface area contributed by atoms with Gasteiger partial charge in [-0.15, -0.1) is 0 Å². The summed E-state index contributed by atoms with van der Waals surface area (Å²) < 4.78 is 50.9. The highest BCUT2D eigenvalue weighted by atomic mass is 32.1. The quantitative estimate of drug-likeness (QED) is 0.0119. The molecule has 21 nitrogen and oxygen atoms in total. The Morgan fingerprint density at radius 2 is 0.906 bits per heavy atom.